The molecule has 0 aliphatic carbocycles. The van der Waals surface area contributed by atoms with Gasteiger partial charge < -0.3 is 10.1 Å². The lowest BCUT2D eigenvalue weighted by atomic mass is 9.98. The SMILES string of the molecule is COc1ccc(C2CC(c3ccccc3)=NN2C(=O)CCC(=O)NC(C)c2ccccn2)cc1. The molecule has 1 aliphatic heterocycles. The molecule has 2 unspecified atom stereocenters. The minimum absolute atomic E-state index is 0.0684. The smallest absolute Gasteiger partial charge is 0.243 e. The molecular weight excluding hydrogens is 428 g/mol. The zero-order valence-electron chi connectivity index (χ0n) is 19.3. The third-order valence-corrected chi connectivity index (χ3v) is 5.85. The van der Waals surface area contributed by atoms with E-state index in [1.54, 1.807) is 13.3 Å². The normalized spacial score (nSPS) is 16.0. The van der Waals surface area contributed by atoms with Crippen LogP contribution in [0.5, 0.6) is 5.75 Å². The summed E-state index contributed by atoms with van der Waals surface area (Å²) >= 11 is 0. The summed E-state index contributed by atoms with van der Waals surface area (Å²) in [5, 5.41) is 9.11. The molecule has 7 nitrogen and oxygen atoms in total. The molecule has 0 saturated heterocycles. The van der Waals surface area contributed by atoms with Crippen LogP contribution in [0.2, 0.25) is 0 Å². The molecule has 2 atom stereocenters. The highest BCUT2D eigenvalue weighted by atomic mass is 16.5. The molecule has 1 N–H and O–H groups in total. The first-order valence-electron chi connectivity index (χ1n) is 11.3. The maximum atomic E-state index is 13.2. The number of aromatic nitrogens is 1. The first-order valence-corrected chi connectivity index (χ1v) is 11.3. The van der Waals surface area contributed by atoms with Crippen LogP contribution >= 0.6 is 0 Å². The van der Waals surface area contributed by atoms with Crippen LogP contribution < -0.4 is 10.1 Å². The first kappa shape index (κ1) is 23.2. The summed E-state index contributed by atoms with van der Waals surface area (Å²) in [4.78, 5) is 30.0. The number of pyridine rings is 1. The zero-order chi connectivity index (χ0) is 23.9. The lowest BCUT2D eigenvalue weighted by molar-refractivity contribution is -0.135. The van der Waals surface area contributed by atoms with E-state index in [9.17, 15) is 9.59 Å². The molecule has 2 aromatic carbocycles. The Morgan fingerprint density at radius 1 is 1.03 bits per heavy atom. The molecule has 0 spiro atoms. The summed E-state index contributed by atoms with van der Waals surface area (Å²) < 4.78 is 5.27. The molecule has 0 fully saturated rings. The van der Waals surface area contributed by atoms with Gasteiger partial charge in [0.05, 0.1) is 30.6 Å². The van der Waals surface area contributed by atoms with E-state index < -0.39 is 0 Å². The van der Waals surface area contributed by atoms with Gasteiger partial charge in [0.15, 0.2) is 0 Å². The number of ether oxygens (including phenoxy) is 1. The van der Waals surface area contributed by atoms with Crippen molar-refractivity contribution < 1.29 is 14.3 Å². The maximum Gasteiger partial charge on any atom is 0.243 e. The van der Waals surface area contributed by atoms with Crippen molar-refractivity contribution in [3.8, 4) is 5.75 Å². The van der Waals surface area contributed by atoms with Crippen molar-refractivity contribution >= 4 is 17.5 Å². The molecule has 1 aliphatic rings. The molecule has 174 valence electrons. The van der Waals surface area contributed by atoms with Crippen LogP contribution in [0.15, 0.2) is 84.1 Å². The van der Waals surface area contributed by atoms with Gasteiger partial charge in [-0.2, -0.15) is 5.10 Å². The molecule has 4 rings (SSSR count). The highest BCUT2D eigenvalue weighted by molar-refractivity contribution is 6.03. The van der Waals surface area contributed by atoms with Gasteiger partial charge in [-0.25, -0.2) is 5.01 Å². The summed E-state index contributed by atoms with van der Waals surface area (Å²) in [6, 6.07) is 22.6. The van der Waals surface area contributed by atoms with Gasteiger partial charge >= 0.3 is 0 Å². The number of carbonyl (C=O) groups is 2. The highest BCUT2D eigenvalue weighted by Gasteiger charge is 2.33. The van der Waals surface area contributed by atoms with Crippen LogP contribution in [0.1, 0.15) is 55.1 Å². The Hall–Kier alpha value is -4.00. The van der Waals surface area contributed by atoms with Gasteiger partial charge in [0.1, 0.15) is 5.75 Å². The standard InChI is InChI=1S/C27H28N4O3/c1-19(23-10-6-7-17-28-23)29-26(32)15-16-27(33)31-25(21-11-13-22(34-2)14-12-21)18-24(30-31)20-8-4-3-5-9-20/h3-14,17,19,25H,15-16,18H2,1-2H3,(H,29,32). The quantitative estimate of drug-likeness (QED) is 0.544. The van der Waals surface area contributed by atoms with Gasteiger partial charge in [0.2, 0.25) is 11.8 Å². The predicted octanol–water partition coefficient (Wildman–Crippen LogP) is 4.43. The van der Waals surface area contributed by atoms with Crippen molar-refractivity contribution in [1.82, 2.24) is 15.3 Å². The molecule has 2 amide bonds. The van der Waals surface area contributed by atoms with Gasteiger partial charge in [0.25, 0.3) is 0 Å². The number of benzene rings is 2. The summed E-state index contributed by atoms with van der Waals surface area (Å²) in [6.45, 7) is 1.87. The van der Waals surface area contributed by atoms with E-state index in [1.807, 2.05) is 79.7 Å². The Kier molecular flexibility index (Phi) is 7.32. The minimum Gasteiger partial charge on any atom is -0.497 e. The average Bonchev–Trinajstić information content (AvgIpc) is 3.34. The second-order valence-electron chi connectivity index (χ2n) is 8.19. The number of hydrazone groups is 1. The van der Waals surface area contributed by atoms with E-state index in [4.69, 9.17) is 4.74 Å². The molecule has 3 aromatic rings. The van der Waals surface area contributed by atoms with Crippen LogP contribution in [0, 0.1) is 0 Å². The third kappa shape index (κ3) is 5.49. The van der Waals surface area contributed by atoms with E-state index in [0.29, 0.717) is 6.42 Å². The third-order valence-electron chi connectivity index (χ3n) is 5.85. The van der Waals surface area contributed by atoms with E-state index in [2.05, 4.69) is 15.4 Å². The number of nitrogens with zero attached hydrogens (tertiary/aromatic N) is 3. The lowest BCUT2D eigenvalue weighted by Crippen LogP contribution is -2.31. The van der Waals surface area contributed by atoms with Gasteiger partial charge in [-0.3, -0.25) is 14.6 Å². The number of carbonyl (C=O) groups excluding carboxylic acids is 2. The van der Waals surface area contributed by atoms with E-state index in [1.165, 1.54) is 5.01 Å². The topological polar surface area (TPSA) is 83.9 Å². The number of hydrogen-bond donors (Lipinski definition) is 1. The van der Waals surface area contributed by atoms with Crippen molar-refractivity contribution in [3.05, 3.63) is 95.8 Å². The van der Waals surface area contributed by atoms with Crippen LogP contribution in [-0.2, 0) is 9.59 Å². The molecule has 0 bridgehead atoms. The predicted molar refractivity (Wildman–Crippen MR) is 130 cm³/mol. The summed E-state index contributed by atoms with van der Waals surface area (Å²) in [5.41, 5.74) is 3.58. The van der Waals surface area contributed by atoms with Crippen LogP contribution in [0.25, 0.3) is 0 Å². The van der Waals surface area contributed by atoms with Crippen molar-refractivity contribution in [1.29, 1.82) is 0 Å². The van der Waals surface area contributed by atoms with Gasteiger partial charge in [-0.05, 0) is 42.3 Å². The van der Waals surface area contributed by atoms with Crippen LogP contribution in [0.3, 0.4) is 0 Å². The maximum absolute atomic E-state index is 13.2. The molecule has 7 heteroatoms. The van der Waals surface area contributed by atoms with E-state index in [0.717, 1.165) is 28.3 Å². The Morgan fingerprint density at radius 3 is 2.44 bits per heavy atom. The second-order valence-corrected chi connectivity index (χ2v) is 8.19. The second kappa shape index (κ2) is 10.7. The van der Waals surface area contributed by atoms with E-state index in [-0.39, 0.29) is 36.7 Å². The number of rotatable bonds is 8. The number of methoxy groups -OCH3 is 1. The molecule has 34 heavy (non-hydrogen) atoms. The molecule has 0 saturated carbocycles. The van der Waals surface area contributed by atoms with Gasteiger partial charge in [-0.1, -0.05) is 48.5 Å². The van der Waals surface area contributed by atoms with Gasteiger partial charge in [-0.15, -0.1) is 0 Å². The monoisotopic (exact) mass is 456 g/mol. The van der Waals surface area contributed by atoms with Crippen molar-refractivity contribution in [2.75, 3.05) is 7.11 Å². The number of nitrogens with one attached hydrogen (secondary N) is 1. The average molecular weight is 457 g/mol. The fraction of sp³-hybridized carbons (Fsp3) is 0.259. The highest BCUT2D eigenvalue weighted by Crippen LogP contribution is 2.34. The lowest BCUT2D eigenvalue weighted by Gasteiger charge is -2.22. The summed E-state index contributed by atoms with van der Waals surface area (Å²) in [6.07, 6.45) is 2.44. The Balaban J connectivity index is 1.45. The van der Waals surface area contributed by atoms with Crippen LogP contribution in [-0.4, -0.2) is 34.6 Å². The Labute approximate surface area is 199 Å². The zero-order valence-corrected chi connectivity index (χ0v) is 19.3. The fourth-order valence-corrected chi connectivity index (χ4v) is 3.99. The number of hydrogen-bond acceptors (Lipinski definition) is 5. The van der Waals surface area contributed by atoms with E-state index >= 15 is 0 Å². The minimum atomic E-state index is -0.232. The van der Waals surface area contributed by atoms with Crippen LogP contribution in [0.4, 0.5) is 0 Å². The number of amides is 2. The molecule has 2 heterocycles. The Morgan fingerprint density at radius 2 is 1.76 bits per heavy atom. The Bertz CT molecular complexity index is 1150. The summed E-state index contributed by atoms with van der Waals surface area (Å²) in [5.74, 6) is 0.369. The first-order chi connectivity index (χ1) is 16.5. The fourth-order valence-electron chi connectivity index (χ4n) is 3.99. The summed E-state index contributed by atoms with van der Waals surface area (Å²) in [7, 11) is 1.62. The van der Waals surface area contributed by atoms with Crippen molar-refractivity contribution in [3.63, 3.8) is 0 Å². The molecule has 1 aromatic heterocycles. The van der Waals surface area contributed by atoms with Gasteiger partial charge in [0, 0.05) is 25.5 Å². The van der Waals surface area contributed by atoms with Crippen molar-refractivity contribution in [2.45, 2.75) is 38.3 Å². The molecular formula is C27H28N4O3. The molecule has 0 radical (unpaired) electrons. The van der Waals surface area contributed by atoms with Crippen molar-refractivity contribution in [2.24, 2.45) is 5.10 Å². The largest absolute Gasteiger partial charge is 0.497 e.